The second kappa shape index (κ2) is 3.56. The van der Waals surface area contributed by atoms with Gasteiger partial charge in [-0.25, -0.2) is 4.79 Å². The molecule has 4 heteroatoms. The molecule has 0 aromatic rings. The van der Waals surface area contributed by atoms with E-state index in [4.69, 9.17) is 4.74 Å². The zero-order chi connectivity index (χ0) is 9.14. The monoisotopic (exact) mass is 171 g/mol. The first kappa shape index (κ1) is 9.03. The highest BCUT2D eigenvalue weighted by Crippen LogP contribution is 2.08. The Hall–Kier alpha value is -1.06. The number of rotatable bonds is 2. The number of carbonyl (C=O) groups is 2. The largest absolute Gasteiger partial charge is 0.461 e. The summed E-state index contributed by atoms with van der Waals surface area (Å²) in [4.78, 5) is 21.9. The van der Waals surface area contributed by atoms with Crippen molar-refractivity contribution in [2.24, 2.45) is 0 Å². The van der Waals surface area contributed by atoms with E-state index in [1.165, 1.54) is 0 Å². The molecular formula is C8H13NO3. The van der Waals surface area contributed by atoms with Gasteiger partial charge in [0, 0.05) is 6.42 Å². The molecule has 0 spiro atoms. The number of amides is 1. The number of hydrogen-bond donors (Lipinski definition) is 1. The van der Waals surface area contributed by atoms with Crippen molar-refractivity contribution in [3.8, 4) is 0 Å². The Bertz CT molecular complexity index is 200. The molecule has 0 aliphatic carbocycles. The maximum Gasteiger partial charge on any atom is 0.328 e. The molecule has 1 amide bonds. The van der Waals surface area contributed by atoms with E-state index in [1.54, 1.807) is 13.8 Å². The summed E-state index contributed by atoms with van der Waals surface area (Å²) in [5, 5.41) is 2.55. The molecule has 1 heterocycles. The van der Waals surface area contributed by atoms with E-state index in [1.807, 2.05) is 0 Å². The van der Waals surface area contributed by atoms with Gasteiger partial charge in [-0.1, -0.05) is 0 Å². The fourth-order valence-electron chi connectivity index (χ4n) is 1.11. The molecule has 0 aromatic heterocycles. The van der Waals surface area contributed by atoms with Crippen molar-refractivity contribution in [2.45, 2.75) is 38.8 Å². The van der Waals surface area contributed by atoms with Crippen LogP contribution in [0.1, 0.15) is 26.7 Å². The number of carbonyl (C=O) groups excluding carboxylic acids is 2. The van der Waals surface area contributed by atoms with Crippen LogP contribution in [0.4, 0.5) is 0 Å². The van der Waals surface area contributed by atoms with Gasteiger partial charge in [-0.15, -0.1) is 0 Å². The highest BCUT2D eigenvalue weighted by molar-refractivity contribution is 5.88. The molecule has 1 saturated heterocycles. The molecule has 0 bridgehead atoms. The van der Waals surface area contributed by atoms with Gasteiger partial charge < -0.3 is 10.1 Å². The quantitative estimate of drug-likeness (QED) is 0.604. The third-order valence-corrected chi connectivity index (χ3v) is 1.63. The van der Waals surface area contributed by atoms with Crippen molar-refractivity contribution in [2.75, 3.05) is 0 Å². The van der Waals surface area contributed by atoms with Crippen LogP contribution in [0.15, 0.2) is 0 Å². The van der Waals surface area contributed by atoms with Gasteiger partial charge in [-0.05, 0) is 20.3 Å². The fourth-order valence-corrected chi connectivity index (χ4v) is 1.11. The molecule has 1 N–H and O–H groups in total. The Labute approximate surface area is 71.3 Å². The van der Waals surface area contributed by atoms with Crippen molar-refractivity contribution < 1.29 is 14.3 Å². The summed E-state index contributed by atoms with van der Waals surface area (Å²) >= 11 is 0. The lowest BCUT2D eigenvalue weighted by Crippen LogP contribution is -2.35. The Morgan fingerprint density at radius 3 is 2.75 bits per heavy atom. The van der Waals surface area contributed by atoms with Crippen molar-refractivity contribution in [3.05, 3.63) is 0 Å². The second-order valence-corrected chi connectivity index (χ2v) is 3.14. The molecule has 12 heavy (non-hydrogen) atoms. The summed E-state index contributed by atoms with van der Waals surface area (Å²) in [6, 6.07) is -0.417. The highest BCUT2D eigenvalue weighted by atomic mass is 16.5. The minimum atomic E-state index is -0.417. The van der Waals surface area contributed by atoms with Gasteiger partial charge in [0.15, 0.2) is 0 Å². The molecule has 68 valence electrons. The zero-order valence-corrected chi connectivity index (χ0v) is 7.29. The van der Waals surface area contributed by atoms with Gasteiger partial charge in [0.1, 0.15) is 6.04 Å². The molecular weight excluding hydrogens is 158 g/mol. The molecule has 1 rings (SSSR count). The van der Waals surface area contributed by atoms with E-state index >= 15 is 0 Å². The average Bonchev–Trinajstić information content (AvgIpc) is 2.34. The summed E-state index contributed by atoms with van der Waals surface area (Å²) in [7, 11) is 0. The van der Waals surface area contributed by atoms with Crippen LogP contribution in [0, 0.1) is 0 Å². The lowest BCUT2D eigenvalue weighted by Gasteiger charge is -2.12. The SMILES string of the molecule is CC(C)OC(=O)[C@@H]1CCC(=O)N1. The van der Waals surface area contributed by atoms with E-state index in [9.17, 15) is 9.59 Å². The molecule has 0 radical (unpaired) electrons. The van der Waals surface area contributed by atoms with Gasteiger partial charge >= 0.3 is 5.97 Å². The number of esters is 1. The van der Waals surface area contributed by atoms with Gasteiger partial charge in [-0.3, -0.25) is 4.79 Å². The van der Waals surface area contributed by atoms with E-state index in [2.05, 4.69) is 5.32 Å². The summed E-state index contributed by atoms with van der Waals surface area (Å²) in [6.07, 6.45) is 0.873. The molecule has 1 fully saturated rings. The second-order valence-electron chi connectivity index (χ2n) is 3.14. The minimum absolute atomic E-state index is 0.0688. The minimum Gasteiger partial charge on any atom is -0.461 e. The first-order chi connectivity index (χ1) is 5.59. The molecule has 1 aliphatic heterocycles. The maximum atomic E-state index is 11.2. The predicted molar refractivity (Wildman–Crippen MR) is 42.4 cm³/mol. The summed E-state index contributed by atoms with van der Waals surface area (Å²) in [5.41, 5.74) is 0. The molecule has 4 nitrogen and oxygen atoms in total. The average molecular weight is 171 g/mol. The van der Waals surface area contributed by atoms with Crippen LogP contribution in [0.5, 0.6) is 0 Å². The fraction of sp³-hybridized carbons (Fsp3) is 0.750. The van der Waals surface area contributed by atoms with Gasteiger partial charge in [-0.2, -0.15) is 0 Å². The van der Waals surface area contributed by atoms with Crippen molar-refractivity contribution >= 4 is 11.9 Å². The third kappa shape index (κ3) is 2.22. The number of ether oxygens (including phenoxy) is 1. The van der Waals surface area contributed by atoms with Gasteiger partial charge in [0.05, 0.1) is 6.10 Å². The van der Waals surface area contributed by atoms with Crippen molar-refractivity contribution in [1.29, 1.82) is 0 Å². The van der Waals surface area contributed by atoms with E-state index in [-0.39, 0.29) is 18.0 Å². The Morgan fingerprint density at radius 2 is 2.33 bits per heavy atom. The Morgan fingerprint density at radius 1 is 1.67 bits per heavy atom. The van der Waals surface area contributed by atoms with Gasteiger partial charge in [0.25, 0.3) is 0 Å². The smallest absolute Gasteiger partial charge is 0.328 e. The predicted octanol–water partition coefficient (Wildman–Crippen LogP) is 0.217. The van der Waals surface area contributed by atoms with Crippen LogP contribution < -0.4 is 5.32 Å². The van der Waals surface area contributed by atoms with Crippen LogP contribution in [-0.2, 0) is 14.3 Å². The molecule has 0 saturated carbocycles. The van der Waals surface area contributed by atoms with Crippen LogP contribution in [0.2, 0.25) is 0 Å². The normalized spacial score (nSPS) is 22.6. The Balaban J connectivity index is 2.38. The van der Waals surface area contributed by atoms with Crippen molar-refractivity contribution in [1.82, 2.24) is 5.32 Å². The van der Waals surface area contributed by atoms with E-state index in [0.717, 1.165) is 0 Å². The van der Waals surface area contributed by atoms with Crippen LogP contribution in [0.3, 0.4) is 0 Å². The topological polar surface area (TPSA) is 55.4 Å². The van der Waals surface area contributed by atoms with E-state index in [0.29, 0.717) is 12.8 Å². The molecule has 0 aromatic carbocycles. The summed E-state index contributed by atoms with van der Waals surface area (Å²) in [6.45, 7) is 3.57. The first-order valence-corrected chi connectivity index (χ1v) is 4.09. The lowest BCUT2D eigenvalue weighted by atomic mass is 10.2. The standard InChI is InChI=1S/C8H13NO3/c1-5(2)12-8(11)6-3-4-7(10)9-6/h5-6H,3-4H2,1-2H3,(H,9,10)/t6-/m0/s1. The molecule has 1 aliphatic rings. The zero-order valence-electron chi connectivity index (χ0n) is 7.29. The van der Waals surface area contributed by atoms with Gasteiger partial charge in [0.2, 0.25) is 5.91 Å². The first-order valence-electron chi connectivity index (χ1n) is 4.09. The van der Waals surface area contributed by atoms with E-state index < -0.39 is 6.04 Å². The summed E-state index contributed by atoms with van der Waals surface area (Å²) in [5.74, 6) is -0.392. The molecule has 1 atom stereocenters. The maximum absolute atomic E-state index is 11.2. The third-order valence-electron chi connectivity index (χ3n) is 1.63. The van der Waals surface area contributed by atoms with Crippen LogP contribution in [-0.4, -0.2) is 24.0 Å². The Kier molecular flexibility index (Phi) is 2.68. The highest BCUT2D eigenvalue weighted by Gasteiger charge is 2.28. The lowest BCUT2D eigenvalue weighted by molar-refractivity contribution is -0.150. The van der Waals surface area contributed by atoms with Crippen molar-refractivity contribution in [3.63, 3.8) is 0 Å². The number of hydrogen-bond acceptors (Lipinski definition) is 3. The number of nitrogens with one attached hydrogen (secondary N) is 1. The van der Waals surface area contributed by atoms with Crippen LogP contribution in [0.25, 0.3) is 0 Å². The van der Waals surface area contributed by atoms with Crippen LogP contribution >= 0.6 is 0 Å². The summed E-state index contributed by atoms with van der Waals surface area (Å²) < 4.78 is 4.93. The molecule has 0 unspecified atom stereocenters.